The third kappa shape index (κ3) is 5.62. The van der Waals surface area contributed by atoms with Crippen molar-refractivity contribution in [2.75, 3.05) is 6.54 Å². The summed E-state index contributed by atoms with van der Waals surface area (Å²) in [5.74, 6) is -1.37. The summed E-state index contributed by atoms with van der Waals surface area (Å²) in [5.41, 5.74) is -2.20. The fourth-order valence-corrected chi connectivity index (χ4v) is 4.34. The standard InChI is InChI=1S/C27H31NO11/c1-13(2)9-10-28-25(35)27(36)23(32)21(31)22(24(33)34)39-26(27)38-16-7-8-17-19(11-16)37-12-18(20(17)30)14-3-5-15(29)6-4-14/h3-8,11-13,21-23,25-26,28-29,31-32,35-36H,9-10H2,1-2H3,(H,33,34). The van der Waals surface area contributed by atoms with Gasteiger partial charge in [-0.05, 0) is 48.7 Å². The molecule has 12 heteroatoms. The summed E-state index contributed by atoms with van der Waals surface area (Å²) < 4.78 is 16.6. The lowest BCUT2D eigenvalue weighted by Crippen LogP contribution is -2.75. The van der Waals surface area contributed by atoms with Crippen molar-refractivity contribution in [3.05, 3.63) is 59.0 Å². The minimum Gasteiger partial charge on any atom is -0.508 e. The van der Waals surface area contributed by atoms with E-state index in [0.717, 1.165) is 0 Å². The lowest BCUT2D eigenvalue weighted by molar-refractivity contribution is -0.338. The first kappa shape index (κ1) is 28.5. The molecule has 0 saturated carbocycles. The highest BCUT2D eigenvalue weighted by Gasteiger charge is 2.61. The van der Waals surface area contributed by atoms with Crippen LogP contribution in [0.15, 0.2) is 57.9 Å². The first-order valence-electron chi connectivity index (χ1n) is 12.3. The molecule has 39 heavy (non-hydrogen) atoms. The zero-order valence-corrected chi connectivity index (χ0v) is 21.2. The van der Waals surface area contributed by atoms with Gasteiger partial charge in [-0.15, -0.1) is 0 Å². The van der Waals surface area contributed by atoms with Crippen molar-refractivity contribution in [1.29, 1.82) is 0 Å². The number of rotatable bonds is 9. The molecule has 1 aromatic heterocycles. The summed E-state index contributed by atoms with van der Waals surface area (Å²) in [7, 11) is 0. The number of aromatic hydroxyl groups is 1. The van der Waals surface area contributed by atoms with Crippen LogP contribution in [0.3, 0.4) is 0 Å². The van der Waals surface area contributed by atoms with Gasteiger partial charge in [0.25, 0.3) is 0 Å². The Kier molecular flexibility index (Phi) is 8.25. The Bertz CT molecular complexity index is 1370. The number of phenolic OH excluding ortho intramolecular Hbond substituents is 1. The van der Waals surface area contributed by atoms with Crippen molar-refractivity contribution < 1.29 is 49.3 Å². The molecule has 210 valence electrons. The first-order chi connectivity index (χ1) is 18.4. The van der Waals surface area contributed by atoms with E-state index in [2.05, 4.69) is 5.32 Å². The van der Waals surface area contributed by atoms with Gasteiger partial charge in [0.05, 0.1) is 10.9 Å². The molecule has 6 atom stereocenters. The number of ether oxygens (including phenoxy) is 2. The average Bonchev–Trinajstić information content (AvgIpc) is 2.89. The summed E-state index contributed by atoms with van der Waals surface area (Å²) in [6, 6.07) is 10.0. The Morgan fingerprint density at radius 3 is 2.49 bits per heavy atom. The molecule has 1 saturated heterocycles. The van der Waals surface area contributed by atoms with E-state index in [1.807, 2.05) is 13.8 Å². The van der Waals surface area contributed by atoms with Crippen LogP contribution < -0.4 is 15.5 Å². The third-order valence-corrected chi connectivity index (χ3v) is 6.66. The molecule has 2 heterocycles. The summed E-state index contributed by atoms with van der Waals surface area (Å²) in [4.78, 5) is 24.7. The van der Waals surface area contributed by atoms with Crippen LogP contribution in [0.25, 0.3) is 22.1 Å². The minimum absolute atomic E-state index is 0.0404. The van der Waals surface area contributed by atoms with E-state index in [4.69, 9.17) is 13.9 Å². The van der Waals surface area contributed by atoms with Gasteiger partial charge in [-0.25, -0.2) is 4.79 Å². The van der Waals surface area contributed by atoms with Crippen LogP contribution in [0.2, 0.25) is 0 Å². The molecular formula is C27H31NO11. The predicted octanol–water partition coefficient (Wildman–Crippen LogP) is 0.761. The quantitative estimate of drug-likeness (QED) is 0.187. The van der Waals surface area contributed by atoms with Gasteiger partial charge in [0.1, 0.15) is 41.8 Å². The second kappa shape index (κ2) is 11.3. The number of aliphatic hydroxyl groups excluding tert-OH is 3. The fraction of sp³-hybridized carbons (Fsp3) is 0.407. The van der Waals surface area contributed by atoms with E-state index in [1.165, 1.54) is 36.6 Å². The highest BCUT2D eigenvalue weighted by atomic mass is 16.7. The van der Waals surface area contributed by atoms with Gasteiger partial charge in [0.2, 0.25) is 6.29 Å². The van der Waals surface area contributed by atoms with Gasteiger partial charge >= 0.3 is 5.97 Å². The summed E-state index contributed by atoms with van der Waals surface area (Å²) in [6.07, 6.45) is -8.24. The van der Waals surface area contributed by atoms with E-state index < -0.39 is 42.4 Å². The molecule has 0 aliphatic carbocycles. The monoisotopic (exact) mass is 545 g/mol. The first-order valence-corrected chi connectivity index (χ1v) is 12.3. The zero-order valence-electron chi connectivity index (χ0n) is 21.2. The lowest BCUT2D eigenvalue weighted by atomic mass is 9.84. The van der Waals surface area contributed by atoms with Crippen molar-refractivity contribution in [1.82, 2.24) is 5.32 Å². The molecule has 2 aromatic carbocycles. The Hall–Kier alpha value is -3.52. The Balaban J connectivity index is 1.66. The molecule has 12 nitrogen and oxygen atoms in total. The maximum absolute atomic E-state index is 13.1. The molecular weight excluding hydrogens is 514 g/mol. The molecule has 0 bridgehead atoms. The molecule has 0 radical (unpaired) electrons. The van der Waals surface area contributed by atoms with Crippen LogP contribution in [-0.2, 0) is 9.53 Å². The number of carboxylic acids is 1. The van der Waals surface area contributed by atoms with E-state index in [-0.39, 0.29) is 45.9 Å². The molecule has 0 spiro atoms. The maximum Gasteiger partial charge on any atom is 0.335 e. The highest BCUT2D eigenvalue weighted by molar-refractivity contribution is 5.82. The van der Waals surface area contributed by atoms with E-state index in [0.29, 0.717) is 12.0 Å². The van der Waals surface area contributed by atoms with E-state index >= 15 is 0 Å². The molecule has 1 aliphatic heterocycles. The average molecular weight is 546 g/mol. The van der Waals surface area contributed by atoms with E-state index in [9.17, 15) is 40.2 Å². The molecule has 1 aliphatic rings. The Morgan fingerprint density at radius 2 is 1.85 bits per heavy atom. The van der Waals surface area contributed by atoms with Crippen molar-refractivity contribution in [3.8, 4) is 22.6 Å². The molecule has 4 rings (SSSR count). The van der Waals surface area contributed by atoms with Crippen molar-refractivity contribution >= 4 is 16.9 Å². The summed E-state index contributed by atoms with van der Waals surface area (Å²) in [5, 5.41) is 64.9. The van der Waals surface area contributed by atoms with Gasteiger partial charge in [-0.1, -0.05) is 26.0 Å². The second-order valence-corrected chi connectivity index (χ2v) is 9.89. The van der Waals surface area contributed by atoms with Crippen molar-refractivity contribution in [2.45, 2.75) is 56.7 Å². The van der Waals surface area contributed by atoms with Crippen LogP contribution in [0.5, 0.6) is 11.5 Å². The van der Waals surface area contributed by atoms with Crippen LogP contribution in [0.1, 0.15) is 20.3 Å². The van der Waals surface area contributed by atoms with Gasteiger partial charge in [0.15, 0.2) is 17.1 Å². The molecule has 3 aromatic rings. The number of hydrogen-bond acceptors (Lipinski definition) is 11. The van der Waals surface area contributed by atoms with Crippen molar-refractivity contribution in [3.63, 3.8) is 0 Å². The maximum atomic E-state index is 13.1. The van der Waals surface area contributed by atoms with Gasteiger partial charge in [-0.3, -0.25) is 10.1 Å². The van der Waals surface area contributed by atoms with Crippen LogP contribution in [-0.4, -0.2) is 79.6 Å². The fourth-order valence-electron chi connectivity index (χ4n) is 4.34. The number of aliphatic hydroxyl groups is 4. The second-order valence-electron chi connectivity index (χ2n) is 9.89. The number of carbonyl (C=O) groups is 1. The zero-order chi connectivity index (χ0) is 28.5. The van der Waals surface area contributed by atoms with Crippen LogP contribution in [0.4, 0.5) is 0 Å². The van der Waals surface area contributed by atoms with Gasteiger partial charge in [-0.2, -0.15) is 0 Å². The highest BCUT2D eigenvalue weighted by Crippen LogP contribution is 2.35. The normalized spacial score (nSPS) is 26.0. The molecule has 1 fully saturated rings. The van der Waals surface area contributed by atoms with Crippen molar-refractivity contribution in [2.24, 2.45) is 5.92 Å². The lowest BCUT2D eigenvalue weighted by Gasteiger charge is -2.48. The molecule has 0 amide bonds. The largest absolute Gasteiger partial charge is 0.508 e. The summed E-state index contributed by atoms with van der Waals surface area (Å²) in [6.45, 7) is 4.12. The number of benzene rings is 2. The number of nitrogens with one attached hydrogen (secondary N) is 1. The molecule has 7 N–H and O–H groups in total. The summed E-state index contributed by atoms with van der Waals surface area (Å²) >= 11 is 0. The number of fused-ring (bicyclic) bond motifs is 1. The van der Waals surface area contributed by atoms with Crippen LogP contribution in [0, 0.1) is 5.92 Å². The van der Waals surface area contributed by atoms with Gasteiger partial charge < -0.3 is 44.5 Å². The Labute approximate surface area is 222 Å². The van der Waals surface area contributed by atoms with Gasteiger partial charge in [0, 0.05) is 6.07 Å². The number of phenols is 1. The van der Waals surface area contributed by atoms with E-state index in [1.54, 1.807) is 12.1 Å². The third-order valence-electron chi connectivity index (χ3n) is 6.66. The minimum atomic E-state index is -2.69. The predicted molar refractivity (Wildman–Crippen MR) is 137 cm³/mol. The number of hydrogen-bond donors (Lipinski definition) is 7. The number of carboxylic acid groups (broad SMARTS) is 1. The smallest absolute Gasteiger partial charge is 0.335 e. The SMILES string of the molecule is CC(C)CCNC(O)C1(O)C(Oc2ccc3c(=O)c(-c4ccc(O)cc4)coc3c2)OC(C(=O)O)C(O)C1O. The topological polar surface area (TPSA) is 199 Å². The van der Waals surface area contributed by atoms with Crippen LogP contribution >= 0.6 is 0 Å². The Morgan fingerprint density at radius 1 is 1.15 bits per heavy atom. The molecule has 6 unspecified atom stereocenters. The number of aliphatic carboxylic acids is 1.